The SMILES string of the molecule is CCCC(=O)OC1CC(C)(C)N(O)C(C)(C)C1. The second kappa shape index (κ2) is 4.94. The fourth-order valence-electron chi connectivity index (χ4n) is 2.71. The number of hydroxylamine groups is 2. The van der Waals surface area contributed by atoms with Crippen LogP contribution in [0.1, 0.15) is 60.3 Å². The zero-order chi connectivity index (χ0) is 13.3. The van der Waals surface area contributed by atoms with Crippen LogP contribution in [0.15, 0.2) is 0 Å². The normalized spacial score (nSPS) is 24.6. The molecule has 0 aromatic heterocycles. The van der Waals surface area contributed by atoms with E-state index in [1.54, 1.807) is 0 Å². The Balaban J connectivity index is 2.68. The Hall–Kier alpha value is -0.610. The van der Waals surface area contributed by atoms with Gasteiger partial charge in [0.05, 0.1) is 0 Å². The third-order valence-electron chi connectivity index (χ3n) is 3.35. The minimum atomic E-state index is -0.362. The van der Waals surface area contributed by atoms with Crippen LogP contribution in [-0.2, 0) is 9.53 Å². The summed E-state index contributed by atoms with van der Waals surface area (Å²) in [4.78, 5) is 11.5. The number of esters is 1. The number of nitrogens with zero attached hydrogens (tertiary/aromatic N) is 1. The van der Waals surface area contributed by atoms with Gasteiger partial charge in [-0.25, -0.2) is 0 Å². The van der Waals surface area contributed by atoms with Crippen molar-refractivity contribution in [1.82, 2.24) is 5.06 Å². The number of ether oxygens (including phenoxy) is 1. The summed E-state index contributed by atoms with van der Waals surface area (Å²) in [7, 11) is 0. The van der Waals surface area contributed by atoms with Gasteiger partial charge in [0.15, 0.2) is 0 Å². The van der Waals surface area contributed by atoms with E-state index >= 15 is 0 Å². The number of carbonyl (C=O) groups is 1. The van der Waals surface area contributed by atoms with Gasteiger partial charge in [-0.1, -0.05) is 6.92 Å². The van der Waals surface area contributed by atoms with Gasteiger partial charge in [-0.3, -0.25) is 4.79 Å². The Morgan fingerprint density at radius 1 is 1.29 bits per heavy atom. The maximum absolute atomic E-state index is 11.5. The van der Waals surface area contributed by atoms with Crippen molar-refractivity contribution in [2.24, 2.45) is 0 Å². The van der Waals surface area contributed by atoms with Crippen LogP contribution in [0.2, 0.25) is 0 Å². The number of hydrogen-bond donors (Lipinski definition) is 1. The molecule has 0 bridgehead atoms. The Labute approximate surface area is 104 Å². The number of piperidine rings is 1. The van der Waals surface area contributed by atoms with Crippen LogP contribution >= 0.6 is 0 Å². The molecular formula is C13H25NO3. The van der Waals surface area contributed by atoms with Crippen LogP contribution in [0.5, 0.6) is 0 Å². The fourth-order valence-corrected chi connectivity index (χ4v) is 2.71. The molecule has 0 unspecified atom stereocenters. The van der Waals surface area contributed by atoms with Crippen LogP contribution in [0.3, 0.4) is 0 Å². The van der Waals surface area contributed by atoms with Gasteiger partial charge in [-0.15, -0.1) is 0 Å². The summed E-state index contributed by atoms with van der Waals surface area (Å²) in [5, 5.41) is 11.5. The van der Waals surface area contributed by atoms with E-state index in [4.69, 9.17) is 4.74 Å². The topological polar surface area (TPSA) is 49.8 Å². The van der Waals surface area contributed by atoms with Crippen molar-refractivity contribution in [1.29, 1.82) is 0 Å². The highest BCUT2D eigenvalue weighted by Gasteiger charge is 2.46. The summed E-state index contributed by atoms with van der Waals surface area (Å²) < 4.78 is 5.47. The lowest BCUT2D eigenvalue weighted by Crippen LogP contribution is -2.60. The van der Waals surface area contributed by atoms with Crippen molar-refractivity contribution in [3.63, 3.8) is 0 Å². The monoisotopic (exact) mass is 243 g/mol. The predicted octanol–water partition coefficient (Wildman–Crippen LogP) is 2.74. The van der Waals surface area contributed by atoms with Gasteiger partial charge in [-0.2, -0.15) is 5.06 Å². The molecule has 0 saturated carbocycles. The first-order valence-corrected chi connectivity index (χ1v) is 6.38. The molecule has 0 atom stereocenters. The van der Waals surface area contributed by atoms with E-state index in [9.17, 15) is 10.0 Å². The molecular weight excluding hydrogens is 218 g/mol. The van der Waals surface area contributed by atoms with Crippen LogP contribution < -0.4 is 0 Å². The molecule has 0 aliphatic carbocycles. The second-order valence-electron chi connectivity index (χ2n) is 6.21. The van der Waals surface area contributed by atoms with E-state index < -0.39 is 0 Å². The van der Waals surface area contributed by atoms with Gasteiger partial charge in [0.25, 0.3) is 0 Å². The highest BCUT2D eigenvalue weighted by atomic mass is 16.5. The lowest BCUT2D eigenvalue weighted by Gasteiger charge is -2.50. The minimum absolute atomic E-state index is 0.0950. The first-order valence-electron chi connectivity index (χ1n) is 6.38. The molecule has 1 fully saturated rings. The van der Waals surface area contributed by atoms with E-state index in [1.807, 2.05) is 34.6 Å². The number of rotatable bonds is 3. The quantitative estimate of drug-likeness (QED) is 0.774. The van der Waals surface area contributed by atoms with Crippen molar-refractivity contribution >= 4 is 5.97 Å². The molecule has 17 heavy (non-hydrogen) atoms. The second-order valence-corrected chi connectivity index (χ2v) is 6.21. The number of carbonyl (C=O) groups excluding carboxylic acids is 1. The van der Waals surface area contributed by atoms with Gasteiger partial charge < -0.3 is 9.94 Å². The number of hydrogen-bond acceptors (Lipinski definition) is 4. The van der Waals surface area contributed by atoms with Crippen LogP contribution in [0.4, 0.5) is 0 Å². The molecule has 1 heterocycles. The first-order chi connectivity index (χ1) is 7.69. The van der Waals surface area contributed by atoms with Gasteiger partial charge >= 0.3 is 5.97 Å². The van der Waals surface area contributed by atoms with Crippen LogP contribution in [-0.4, -0.2) is 33.4 Å². The fraction of sp³-hybridized carbons (Fsp3) is 0.923. The molecule has 1 N–H and O–H groups in total. The van der Waals surface area contributed by atoms with E-state index in [0.717, 1.165) is 6.42 Å². The van der Waals surface area contributed by atoms with Crippen LogP contribution in [0, 0.1) is 0 Å². The predicted molar refractivity (Wildman–Crippen MR) is 65.8 cm³/mol. The highest BCUT2D eigenvalue weighted by molar-refractivity contribution is 5.69. The van der Waals surface area contributed by atoms with Gasteiger partial charge in [-0.05, 0) is 34.1 Å². The Kier molecular flexibility index (Phi) is 4.20. The minimum Gasteiger partial charge on any atom is -0.462 e. The third kappa shape index (κ3) is 3.42. The van der Waals surface area contributed by atoms with Gasteiger partial charge in [0.2, 0.25) is 0 Å². The molecule has 4 nitrogen and oxygen atoms in total. The molecule has 1 saturated heterocycles. The Bertz CT molecular complexity index is 268. The van der Waals surface area contributed by atoms with Crippen LogP contribution in [0.25, 0.3) is 0 Å². The molecule has 1 rings (SSSR count). The van der Waals surface area contributed by atoms with E-state index in [-0.39, 0.29) is 23.2 Å². The highest BCUT2D eigenvalue weighted by Crippen LogP contribution is 2.37. The Morgan fingerprint density at radius 3 is 2.18 bits per heavy atom. The summed E-state index contributed by atoms with van der Waals surface area (Å²) in [6.07, 6.45) is 2.53. The summed E-state index contributed by atoms with van der Waals surface area (Å²) in [6.45, 7) is 9.83. The largest absolute Gasteiger partial charge is 0.462 e. The summed E-state index contributed by atoms with van der Waals surface area (Å²) in [6, 6.07) is 0. The third-order valence-corrected chi connectivity index (χ3v) is 3.35. The van der Waals surface area contributed by atoms with Crippen molar-refractivity contribution in [2.75, 3.05) is 0 Å². The van der Waals surface area contributed by atoms with Crippen molar-refractivity contribution in [3.8, 4) is 0 Å². The van der Waals surface area contributed by atoms with Crippen molar-refractivity contribution < 1.29 is 14.7 Å². The molecule has 1 aliphatic rings. The average molecular weight is 243 g/mol. The molecule has 0 spiro atoms. The molecule has 100 valence electrons. The standard InChI is InChI=1S/C13H25NO3/c1-6-7-11(15)17-10-8-12(2,3)14(16)13(4,5)9-10/h10,16H,6-9H2,1-5H3. The van der Waals surface area contributed by atoms with E-state index in [1.165, 1.54) is 5.06 Å². The lowest BCUT2D eigenvalue weighted by atomic mass is 9.80. The summed E-state index contributed by atoms with van der Waals surface area (Å²) in [5.74, 6) is -0.129. The van der Waals surface area contributed by atoms with Gasteiger partial charge in [0.1, 0.15) is 6.10 Å². The molecule has 0 aromatic rings. The van der Waals surface area contributed by atoms with Gasteiger partial charge in [0, 0.05) is 30.3 Å². The molecule has 0 radical (unpaired) electrons. The summed E-state index contributed by atoms with van der Waals surface area (Å²) in [5.41, 5.74) is -0.724. The molecule has 1 aliphatic heterocycles. The van der Waals surface area contributed by atoms with E-state index in [0.29, 0.717) is 19.3 Å². The molecule has 0 aromatic carbocycles. The molecule has 4 heteroatoms. The zero-order valence-electron chi connectivity index (χ0n) is 11.6. The lowest BCUT2D eigenvalue weighted by molar-refractivity contribution is -0.259. The van der Waals surface area contributed by atoms with Crippen molar-refractivity contribution in [3.05, 3.63) is 0 Å². The maximum Gasteiger partial charge on any atom is 0.306 e. The van der Waals surface area contributed by atoms with Crippen molar-refractivity contribution in [2.45, 2.75) is 77.5 Å². The zero-order valence-corrected chi connectivity index (χ0v) is 11.6. The average Bonchev–Trinajstić information content (AvgIpc) is 2.13. The Morgan fingerprint density at radius 2 is 1.76 bits per heavy atom. The summed E-state index contributed by atoms with van der Waals surface area (Å²) >= 11 is 0. The molecule has 0 amide bonds. The maximum atomic E-state index is 11.5. The first kappa shape index (κ1) is 14.5. The smallest absolute Gasteiger partial charge is 0.306 e. The van der Waals surface area contributed by atoms with E-state index in [2.05, 4.69) is 0 Å².